The Morgan fingerprint density at radius 2 is 1.78 bits per heavy atom. The first kappa shape index (κ1) is 26.1. The molecule has 1 atom stereocenters. The van der Waals surface area contributed by atoms with E-state index in [4.69, 9.17) is 21.2 Å². The Morgan fingerprint density at radius 1 is 1.08 bits per heavy atom. The number of rotatable bonds is 9. The minimum atomic E-state index is -0.848. The fourth-order valence-electron chi connectivity index (χ4n) is 4.31. The maximum atomic E-state index is 14.8. The summed E-state index contributed by atoms with van der Waals surface area (Å²) in [7, 11) is 1.61. The average molecular weight is 502 g/mol. The van der Waals surface area contributed by atoms with Gasteiger partial charge < -0.3 is 10.5 Å². The molecule has 4 rings (SSSR count). The fourth-order valence-corrected chi connectivity index (χ4v) is 4.31. The molecule has 0 bridgehead atoms. The molecule has 1 aromatic heterocycles. The van der Waals surface area contributed by atoms with Gasteiger partial charge in [0.05, 0.1) is 17.8 Å². The van der Waals surface area contributed by atoms with E-state index in [1.54, 1.807) is 24.6 Å². The number of halogens is 1. The number of benzene rings is 3. The Bertz CT molecular complexity index is 1450. The zero-order chi connectivity index (χ0) is 26.5. The summed E-state index contributed by atoms with van der Waals surface area (Å²) in [5, 5.41) is 2.69. The van der Waals surface area contributed by atoms with Crippen molar-refractivity contribution in [2.24, 2.45) is 5.73 Å². The zero-order valence-corrected chi connectivity index (χ0v) is 21.3. The van der Waals surface area contributed by atoms with Crippen molar-refractivity contribution in [3.8, 4) is 28.0 Å². The second kappa shape index (κ2) is 11.4. The van der Waals surface area contributed by atoms with Gasteiger partial charge in [-0.05, 0) is 55.3 Å². The number of nitrogen functional groups attached to an aromatic ring is 1. The number of aryl methyl sites for hydroxylation is 2. The number of aromatic nitrogens is 2. The summed E-state index contributed by atoms with van der Waals surface area (Å²) in [5.74, 6) is 0.0887. The summed E-state index contributed by atoms with van der Waals surface area (Å²) in [6.07, 6.45) is 0.640. The molecule has 3 aromatic carbocycles. The molecule has 37 heavy (non-hydrogen) atoms. The minimum absolute atomic E-state index is 0.00159. The first-order chi connectivity index (χ1) is 17.8. The van der Waals surface area contributed by atoms with Crippen molar-refractivity contribution in [3.05, 3.63) is 100.0 Å². The van der Waals surface area contributed by atoms with Gasteiger partial charge in [-0.25, -0.2) is 9.37 Å². The Morgan fingerprint density at radius 3 is 2.43 bits per heavy atom. The van der Waals surface area contributed by atoms with E-state index in [-0.39, 0.29) is 11.3 Å². The summed E-state index contributed by atoms with van der Waals surface area (Å²) < 4.78 is 21.8. The predicted octanol–water partition coefficient (Wildman–Crippen LogP) is 4.45. The van der Waals surface area contributed by atoms with E-state index in [1.165, 1.54) is 12.1 Å². The summed E-state index contributed by atoms with van der Waals surface area (Å²) in [6.45, 7) is 4.17. The maximum Gasteiger partial charge on any atom is 0.261 e. The molecule has 1 unspecified atom stereocenters. The maximum absolute atomic E-state index is 14.8. The first-order valence-electron chi connectivity index (χ1n) is 12.3. The number of nitrogens with zero attached hydrogens (tertiary/aromatic N) is 2. The lowest BCUT2D eigenvalue weighted by Crippen LogP contribution is -2.40. The Kier molecular flexibility index (Phi) is 8.01. The number of hydrogen-bond donors (Lipinski definition) is 3. The SMILES string of the molecule is CCCc1nc(C)c(-c2ccc(OC(N)NC)c(F)c2)c(=O)n1Cc1ccc(-c2ccccc2N)cc1. The second-order valence-corrected chi connectivity index (χ2v) is 8.89. The Balaban J connectivity index is 1.71. The van der Waals surface area contributed by atoms with Crippen molar-refractivity contribution in [1.29, 1.82) is 0 Å². The van der Waals surface area contributed by atoms with Crippen LogP contribution in [0.2, 0.25) is 0 Å². The van der Waals surface area contributed by atoms with Crippen molar-refractivity contribution in [1.82, 2.24) is 14.9 Å². The fraction of sp³-hybridized carbons (Fsp3) is 0.241. The van der Waals surface area contributed by atoms with Crippen molar-refractivity contribution >= 4 is 5.69 Å². The van der Waals surface area contributed by atoms with Gasteiger partial charge in [0.2, 0.25) is 6.35 Å². The summed E-state index contributed by atoms with van der Waals surface area (Å²) in [6, 6.07) is 20.1. The van der Waals surface area contributed by atoms with Crippen LogP contribution in [0.15, 0.2) is 71.5 Å². The highest BCUT2D eigenvalue weighted by Gasteiger charge is 2.18. The first-order valence-corrected chi connectivity index (χ1v) is 12.3. The van der Waals surface area contributed by atoms with E-state index in [0.717, 1.165) is 23.1 Å². The van der Waals surface area contributed by atoms with E-state index in [2.05, 4.69) is 5.32 Å². The van der Waals surface area contributed by atoms with Gasteiger partial charge in [0.1, 0.15) is 5.82 Å². The third kappa shape index (κ3) is 5.71. The van der Waals surface area contributed by atoms with Gasteiger partial charge in [-0.15, -0.1) is 0 Å². The van der Waals surface area contributed by atoms with Gasteiger partial charge in [0.15, 0.2) is 11.6 Å². The summed E-state index contributed by atoms with van der Waals surface area (Å²) in [4.78, 5) is 18.5. The average Bonchev–Trinajstić information content (AvgIpc) is 2.88. The molecule has 1 heterocycles. The molecule has 0 aliphatic carbocycles. The van der Waals surface area contributed by atoms with Crippen LogP contribution in [0.25, 0.3) is 22.3 Å². The van der Waals surface area contributed by atoms with E-state index in [1.807, 2.05) is 55.5 Å². The third-order valence-corrected chi connectivity index (χ3v) is 6.23. The number of ether oxygens (including phenoxy) is 1. The number of para-hydroxylation sites is 1. The predicted molar refractivity (Wildman–Crippen MR) is 146 cm³/mol. The van der Waals surface area contributed by atoms with Crippen molar-refractivity contribution in [2.45, 2.75) is 39.6 Å². The molecule has 0 aliphatic rings. The van der Waals surface area contributed by atoms with Gasteiger partial charge in [0, 0.05) is 17.7 Å². The van der Waals surface area contributed by atoms with Crippen LogP contribution in [0.5, 0.6) is 5.75 Å². The normalized spacial score (nSPS) is 11.9. The molecule has 4 aromatic rings. The third-order valence-electron chi connectivity index (χ3n) is 6.23. The molecule has 5 N–H and O–H groups in total. The highest BCUT2D eigenvalue weighted by Crippen LogP contribution is 2.27. The molecule has 8 heteroatoms. The van der Waals surface area contributed by atoms with Crippen molar-refractivity contribution < 1.29 is 9.13 Å². The van der Waals surface area contributed by atoms with E-state index >= 15 is 0 Å². The van der Waals surface area contributed by atoms with Crippen LogP contribution in [0.1, 0.15) is 30.4 Å². The number of nitrogens with one attached hydrogen (secondary N) is 1. The molecular weight excluding hydrogens is 469 g/mol. The zero-order valence-electron chi connectivity index (χ0n) is 21.3. The molecule has 0 spiro atoms. The van der Waals surface area contributed by atoms with Crippen molar-refractivity contribution in [3.63, 3.8) is 0 Å². The molecule has 0 aliphatic heterocycles. The molecule has 0 saturated heterocycles. The molecule has 0 saturated carbocycles. The van der Waals surface area contributed by atoms with Gasteiger partial charge in [-0.2, -0.15) is 0 Å². The molecule has 192 valence electrons. The van der Waals surface area contributed by atoms with Crippen LogP contribution < -0.4 is 27.1 Å². The smallest absolute Gasteiger partial charge is 0.261 e. The van der Waals surface area contributed by atoms with Crippen LogP contribution in [0.3, 0.4) is 0 Å². The van der Waals surface area contributed by atoms with Crippen molar-refractivity contribution in [2.75, 3.05) is 12.8 Å². The second-order valence-electron chi connectivity index (χ2n) is 8.89. The van der Waals surface area contributed by atoms with Crippen LogP contribution in [0.4, 0.5) is 10.1 Å². The van der Waals surface area contributed by atoms with Gasteiger partial charge in [-0.1, -0.05) is 55.5 Å². The largest absolute Gasteiger partial charge is 0.459 e. The lowest BCUT2D eigenvalue weighted by Gasteiger charge is -2.17. The van der Waals surface area contributed by atoms with Gasteiger partial charge >= 0.3 is 0 Å². The van der Waals surface area contributed by atoms with E-state index in [0.29, 0.717) is 41.3 Å². The monoisotopic (exact) mass is 501 g/mol. The van der Waals surface area contributed by atoms with E-state index < -0.39 is 12.2 Å². The highest BCUT2D eigenvalue weighted by molar-refractivity contribution is 5.76. The van der Waals surface area contributed by atoms with Crippen LogP contribution in [-0.4, -0.2) is 23.0 Å². The van der Waals surface area contributed by atoms with Crippen LogP contribution in [0, 0.1) is 12.7 Å². The molecular formula is C29H32FN5O2. The van der Waals surface area contributed by atoms with Crippen LogP contribution in [-0.2, 0) is 13.0 Å². The van der Waals surface area contributed by atoms with Crippen LogP contribution >= 0.6 is 0 Å². The summed E-state index contributed by atoms with van der Waals surface area (Å²) in [5.41, 5.74) is 16.6. The molecule has 7 nitrogen and oxygen atoms in total. The topological polar surface area (TPSA) is 108 Å². The Labute approximate surface area is 215 Å². The summed E-state index contributed by atoms with van der Waals surface area (Å²) >= 11 is 0. The molecule has 0 fully saturated rings. The highest BCUT2D eigenvalue weighted by atomic mass is 19.1. The van der Waals surface area contributed by atoms with Gasteiger partial charge in [0.25, 0.3) is 5.56 Å². The molecule has 0 radical (unpaired) electrons. The lowest BCUT2D eigenvalue weighted by atomic mass is 10.0. The number of anilines is 1. The molecule has 0 amide bonds. The quantitative estimate of drug-likeness (QED) is 0.231. The lowest BCUT2D eigenvalue weighted by molar-refractivity contribution is 0.173. The Hall–Kier alpha value is -4.01. The van der Waals surface area contributed by atoms with E-state index in [9.17, 15) is 9.18 Å². The number of nitrogens with two attached hydrogens (primary N) is 2. The number of hydrogen-bond acceptors (Lipinski definition) is 6. The minimum Gasteiger partial charge on any atom is -0.459 e. The standard InChI is InChI=1S/C29H32FN5O2/c1-4-7-26-34-18(2)27(21-14-15-25(23(30)16-21)37-29(32)33-3)28(36)35(26)17-19-10-12-20(13-11-19)22-8-5-6-9-24(22)31/h5-6,8-16,29,33H,4,7,17,31-32H2,1-3H3. The van der Waals surface area contributed by atoms with Gasteiger partial charge in [-0.3, -0.25) is 20.4 Å².